The van der Waals surface area contributed by atoms with Crippen molar-refractivity contribution in [3.05, 3.63) is 48.7 Å². The molecule has 1 aromatic carbocycles. The highest BCUT2D eigenvalue weighted by atomic mass is 127. The highest BCUT2D eigenvalue weighted by Crippen LogP contribution is 2.29. The Morgan fingerprint density at radius 1 is 1.56 bits per heavy atom. The number of halogens is 3. The van der Waals surface area contributed by atoms with Gasteiger partial charge in [-0.2, -0.15) is 5.10 Å². The van der Waals surface area contributed by atoms with Crippen molar-refractivity contribution in [1.82, 2.24) is 9.78 Å². The first-order valence-corrected chi connectivity index (χ1v) is 7.71. The molecule has 18 heavy (non-hydrogen) atoms. The average molecular weight is 441 g/mol. The zero-order valence-electron chi connectivity index (χ0n) is 9.70. The molecule has 0 aliphatic rings. The van der Waals surface area contributed by atoms with Gasteiger partial charge in [0.05, 0.1) is 27.4 Å². The number of benzene rings is 1. The first-order chi connectivity index (χ1) is 8.54. The molecule has 96 valence electrons. The van der Waals surface area contributed by atoms with Gasteiger partial charge in [0.1, 0.15) is 0 Å². The lowest BCUT2D eigenvalue weighted by Gasteiger charge is -2.15. The second kappa shape index (κ2) is 5.90. The van der Waals surface area contributed by atoms with Crippen LogP contribution in [-0.2, 0) is 6.54 Å². The molecule has 0 radical (unpaired) electrons. The molecule has 0 aliphatic heterocycles. The summed E-state index contributed by atoms with van der Waals surface area (Å²) in [5.41, 5.74) is 8.26. The van der Waals surface area contributed by atoms with E-state index in [1.165, 1.54) is 0 Å². The molecule has 0 spiro atoms. The maximum absolute atomic E-state index is 6.31. The largest absolute Gasteiger partial charge is 0.319 e. The van der Waals surface area contributed by atoms with E-state index in [-0.39, 0.29) is 6.04 Å². The van der Waals surface area contributed by atoms with Crippen LogP contribution in [0.15, 0.2) is 28.9 Å². The number of nitrogens with zero attached hydrogens (tertiary/aromatic N) is 2. The van der Waals surface area contributed by atoms with E-state index in [9.17, 15) is 0 Å². The van der Waals surface area contributed by atoms with Crippen LogP contribution in [0.5, 0.6) is 0 Å². The van der Waals surface area contributed by atoms with Gasteiger partial charge in [-0.15, -0.1) is 0 Å². The van der Waals surface area contributed by atoms with Crippen molar-refractivity contribution in [2.75, 3.05) is 0 Å². The van der Waals surface area contributed by atoms with Crippen molar-refractivity contribution < 1.29 is 0 Å². The molecule has 3 nitrogen and oxygen atoms in total. The van der Waals surface area contributed by atoms with Gasteiger partial charge in [0.2, 0.25) is 0 Å². The molecule has 6 heteroatoms. The van der Waals surface area contributed by atoms with Gasteiger partial charge in [-0.25, -0.2) is 0 Å². The van der Waals surface area contributed by atoms with Crippen LogP contribution in [-0.4, -0.2) is 9.78 Å². The second-order valence-electron chi connectivity index (χ2n) is 3.84. The summed E-state index contributed by atoms with van der Waals surface area (Å²) in [7, 11) is 0. The summed E-state index contributed by atoms with van der Waals surface area (Å²) in [6, 6.07) is 5.64. The van der Waals surface area contributed by atoms with Gasteiger partial charge in [0.25, 0.3) is 0 Å². The van der Waals surface area contributed by atoms with Gasteiger partial charge in [-0.3, -0.25) is 4.68 Å². The summed E-state index contributed by atoms with van der Waals surface area (Å²) in [5, 5.41) is 5.00. The Hall–Kier alpha value is -0.110. The monoisotopic (exact) mass is 439 g/mol. The van der Waals surface area contributed by atoms with Crippen LogP contribution in [0, 0.1) is 3.57 Å². The van der Waals surface area contributed by atoms with Gasteiger partial charge >= 0.3 is 0 Å². The van der Waals surface area contributed by atoms with Gasteiger partial charge in [0.15, 0.2) is 0 Å². The topological polar surface area (TPSA) is 43.8 Å². The Balaban J connectivity index is 2.44. The van der Waals surface area contributed by atoms with E-state index < -0.39 is 0 Å². The minimum atomic E-state index is -0.240. The second-order valence-corrected chi connectivity index (χ2v) is 6.27. The minimum Gasteiger partial charge on any atom is -0.319 e. The molecule has 0 saturated carbocycles. The first-order valence-electron chi connectivity index (χ1n) is 5.46. The third kappa shape index (κ3) is 2.74. The zero-order chi connectivity index (χ0) is 13.3. The van der Waals surface area contributed by atoms with Gasteiger partial charge < -0.3 is 5.73 Å². The molecule has 1 heterocycles. The Labute approximate surface area is 133 Å². The van der Waals surface area contributed by atoms with Crippen molar-refractivity contribution in [3.63, 3.8) is 0 Å². The summed E-state index contributed by atoms with van der Waals surface area (Å²) < 4.78 is 3.83. The molecule has 1 atom stereocenters. The number of rotatable bonds is 3. The summed E-state index contributed by atoms with van der Waals surface area (Å²) in [5.74, 6) is 0. The van der Waals surface area contributed by atoms with Gasteiger partial charge in [0, 0.05) is 10.1 Å². The van der Waals surface area contributed by atoms with Crippen LogP contribution in [0.4, 0.5) is 0 Å². The number of aromatic nitrogens is 2. The van der Waals surface area contributed by atoms with Crippen LogP contribution >= 0.6 is 50.1 Å². The molecule has 1 aromatic heterocycles. The molecule has 0 amide bonds. The maximum atomic E-state index is 6.31. The molecule has 2 aromatic rings. The fourth-order valence-electron chi connectivity index (χ4n) is 1.80. The van der Waals surface area contributed by atoms with E-state index in [4.69, 9.17) is 17.3 Å². The van der Waals surface area contributed by atoms with Crippen LogP contribution in [0.25, 0.3) is 0 Å². The molecule has 0 saturated heterocycles. The maximum Gasteiger partial charge on any atom is 0.0738 e. The Kier molecular flexibility index (Phi) is 4.69. The van der Waals surface area contributed by atoms with E-state index in [0.29, 0.717) is 0 Å². The lowest BCUT2D eigenvalue weighted by molar-refractivity contribution is 0.599. The fourth-order valence-corrected chi connectivity index (χ4v) is 2.86. The molecule has 2 rings (SSSR count). The molecule has 2 N–H and O–H groups in total. The lowest BCUT2D eigenvalue weighted by Crippen LogP contribution is -2.17. The van der Waals surface area contributed by atoms with Crippen LogP contribution in [0.1, 0.15) is 24.2 Å². The molecule has 1 unspecified atom stereocenters. The van der Waals surface area contributed by atoms with Crippen molar-refractivity contribution in [2.45, 2.75) is 19.5 Å². The summed E-state index contributed by atoms with van der Waals surface area (Å²) in [6.07, 6.45) is 1.77. The van der Waals surface area contributed by atoms with E-state index in [0.717, 1.165) is 30.9 Å². The molecule has 0 bridgehead atoms. The van der Waals surface area contributed by atoms with Crippen molar-refractivity contribution in [2.24, 2.45) is 5.73 Å². The predicted molar refractivity (Wildman–Crippen MR) is 85.8 cm³/mol. The Morgan fingerprint density at radius 2 is 2.28 bits per heavy atom. The van der Waals surface area contributed by atoms with E-state index in [2.05, 4.69) is 43.6 Å². The zero-order valence-corrected chi connectivity index (χ0v) is 14.2. The fraction of sp³-hybridized carbons (Fsp3) is 0.250. The van der Waals surface area contributed by atoms with Crippen LogP contribution in [0.3, 0.4) is 0 Å². The Morgan fingerprint density at radius 3 is 2.89 bits per heavy atom. The lowest BCUT2D eigenvalue weighted by atomic mass is 10.0. The molecular formula is C12H12BrClIN3. The normalized spacial score (nSPS) is 12.7. The first kappa shape index (κ1) is 14.3. The minimum absolute atomic E-state index is 0.240. The number of hydrogen-bond donors (Lipinski definition) is 1. The highest BCUT2D eigenvalue weighted by Gasteiger charge is 2.18. The number of nitrogens with two attached hydrogens (primary N) is 1. The van der Waals surface area contributed by atoms with Gasteiger partial charge in [-0.1, -0.05) is 17.7 Å². The van der Waals surface area contributed by atoms with Crippen LogP contribution < -0.4 is 5.73 Å². The third-order valence-corrected chi connectivity index (χ3v) is 4.91. The van der Waals surface area contributed by atoms with Gasteiger partial charge in [-0.05, 0) is 63.1 Å². The molecule has 0 aliphatic carbocycles. The van der Waals surface area contributed by atoms with E-state index >= 15 is 0 Å². The summed E-state index contributed by atoms with van der Waals surface area (Å²) >= 11 is 11.8. The summed E-state index contributed by atoms with van der Waals surface area (Å²) in [6.45, 7) is 2.82. The van der Waals surface area contributed by atoms with Crippen LogP contribution in [0.2, 0.25) is 5.02 Å². The van der Waals surface area contributed by atoms with Crippen molar-refractivity contribution in [3.8, 4) is 0 Å². The predicted octanol–water partition coefficient (Wildman–Crippen LogP) is 3.97. The SMILES string of the molecule is CCn1ncc(Br)c1C(N)c1ccc(I)c(Cl)c1. The molecular weight excluding hydrogens is 428 g/mol. The third-order valence-electron chi connectivity index (χ3n) is 2.73. The smallest absolute Gasteiger partial charge is 0.0738 e. The standard InChI is InChI=1S/C12H12BrClIN3/c1-2-18-12(8(13)6-17-18)11(16)7-3-4-10(15)9(14)5-7/h3-6,11H,2,16H2,1H3. The highest BCUT2D eigenvalue weighted by molar-refractivity contribution is 14.1. The molecule has 0 fully saturated rings. The quantitative estimate of drug-likeness (QED) is 0.734. The summed E-state index contributed by atoms with van der Waals surface area (Å²) in [4.78, 5) is 0. The Bertz CT molecular complexity index is 570. The average Bonchev–Trinajstić information content (AvgIpc) is 2.73. The van der Waals surface area contributed by atoms with E-state index in [1.54, 1.807) is 6.20 Å². The van der Waals surface area contributed by atoms with Crippen molar-refractivity contribution in [1.29, 1.82) is 0 Å². The van der Waals surface area contributed by atoms with Crippen molar-refractivity contribution >= 4 is 50.1 Å². The van der Waals surface area contributed by atoms with E-state index in [1.807, 2.05) is 29.8 Å². The number of hydrogen-bond acceptors (Lipinski definition) is 2. The number of aryl methyl sites for hydroxylation is 1.